The molecule has 2 rings (SSSR count). The number of rotatable bonds is 3. The standard InChI is InChI=1S/C11H12Cl2FNO3S/c1-11(2-3-18-6-11)15-19(16,17)10-8(12)4-7(14)5-9(10)13/h4-5,15H,2-3,6H2,1H3/t11-/m0/s1. The van der Waals surface area contributed by atoms with Gasteiger partial charge in [0.05, 0.1) is 22.2 Å². The van der Waals surface area contributed by atoms with Crippen molar-refractivity contribution in [1.82, 2.24) is 4.72 Å². The first-order valence-electron chi connectivity index (χ1n) is 5.50. The zero-order valence-corrected chi connectivity index (χ0v) is 12.4. The molecule has 0 saturated carbocycles. The lowest BCUT2D eigenvalue weighted by atomic mass is 10.0. The normalized spacial score (nSPS) is 23.8. The van der Waals surface area contributed by atoms with Crippen molar-refractivity contribution in [2.75, 3.05) is 13.2 Å². The molecule has 1 aliphatic rings. The summed E-state index contributed by atoms with van der Waals surface area (Å²) < 4.78 is 45.3. The van der Waals surface area contributed by atoms with E-state index in [1.807, 2.05) is 0 Å². The van der Waals surface area contributed by atoms with E-state index in [0.29, 0.717) is 13.0 Å². The van der Waals surface area contributed by atoms with Gasteiger partial charge in [-0.05, 0) is 25.5 Å². The van der Waals surface area contributed by atoms with Crippen LogP contribution in [0.25, 0.3) is 0 Å². The van der Waals surface area contributed by atoms with Crippen molar-refractivity contribution in [2.45, 2.75) is 23.8 Å². The van der Waals surface area contributed by atoms with E-state index < -0.39 is 21.4 Å². The Bertz CT molecular complexity index is 577. The Balaban J connectivity index is 2.40. The topological polar surface area (TPSA) is 55.4 Å². The molecule has 0 unspecified atom stereocenters. The predicted molar refractivity (Wildman–Crippen MR) is 70.6 cm³/mol. The van der Waals surface area contributed by atoms with Crippen molar-refractivity contribution in [2.24, 2.45) is 0 Å². The number of sulfonamides is 1. The molecule has 1 aromatic carbocycles. The van der Waals surface area contributed by atoms with Gasteiger partial charge >= 0.3 is 0 Å². The van der Waals surface area contributed by atoms with Crippen molar-refractivity contribution in [3.63, 3.8) is 0 Å². The molecule has 1 aromatic rings. The van der Waals surface area contributed by atoms with Crippen LogP contribution in [0.15, 0.2) is 17.0 Å². The van der Waals surface area contributed by atoms with Crippen molar-refractivity contribution in [3.05, 3.63) is 28.0 Å². The highest BCUT2D eigenvalue weighted by atomic mass is 35.5. The molecule has 19 heavy (non-hydrogen) atoms. The molecule has 1 fully saturated rings. The highest BCUT2D eigenvalue weighted by Gasteiger charge is 2.36. The number of nitrogens with one attached hydrogen (secondary N) is 1. The van der Waals surface area contributed by atoms with Crippen LogP contribution in [0.3, 0.4) is 0 Å². The first kappa shape index (κ1) is 15.0. The molecule has 1 heterocycles. The minimum absolute atomic E-state index is 0.250. The molecule has 0 radical (unpaired) electrons. The quantitative estimate of drug-likeness (QED) is 0.928. The molecule has 1 aliphatic heterocycles. The van der Waals surface area contributed by atoms with Crippen LogP contribution in [0.1, 0.15) is 13.3 Å². The van der Waals surface area contributed by atoms with Crippen LogP contribution in [0.2, 0.25) is 10.0 Å². The molecule has 0 aromatic heterocycles. The molecular formula is C11H12Cl2FNO3S. The summed E-state index contributed by atoms with van der Waals surface area (Å²) in [7, 11) is -3.94. The second-order valence-electron chi connectivity index (χ2n) is 4.67. The van der Waals surface area contributed by atoms with E-state index in [1.54, 1.807) is 6.92 Å². The maximum atomic E-state index is 13.1. The number of halogens is 3. The number of ether oxygens (including phenoxy) is 1. The van der Waals surface area contributed by atoms with Crippen LogP contribution >= 0.6 is 23.2 Å². The minimum Gasteiger partial charge on any atom is -0.379 e. The third kappa shape index (κ3) is 3.20. The molecule has 8 heteroatoms. The van der Waals surface area contributed by atoms with E-state index in [2.05, 4.69) is 4.72 Å². The average Bonchev–Trinajstić information content (AvgIpc) is 2.60. The zero-order chi connectivity index (χ0) is 14.3. The minimum atomic E-state index is -3.94. The fourth-order valence-electron chi connectivity index (χ4n) is 1.91. The first-order valence-corrected chi connectivity index (χ1v) is 7.74. The summed E-state index contributed by atoms with van der Waals surface area (Å²) in [6.45, 7) is 2.47. The maximum absolute atomic E-state index is 13.1. The summed E-state index contributed by atoms with van der Waals surface area (Å²) in [5.74, 6) is -0.690. The molecule has 0 bridgehead atoms. The Kier molecular flexibility index (Phi) is 4.09. The average molecular weight is 328 g/mol. The first-order chi connectivity index (χ1) is 8.73. The SMILES string of the molecule is C[C@]1(NS(=O)(=O)c2c(Cl)cc(F)cc2Cl)CCOC1. The van der Waals surface area contributed by atoms with Crippen molar-refractivity contribution >= 4 is 33.2 Å². The van der Waals surface area contributed by atoms with Crippen LogP contribution < -0.4 is 4.72 Å². The number of benzene rings is 1. The Hall–Kier alpha value is -0.400. The lowest BCUT2D eigenvalue weighted by Gasteiger charge is -2.23. The van der Waals surface area contributed by atoms with Gasteiger partial charge in [0.1, 0.15) is 10.7 Å². The van der Waals surface area contributed by atoms with Gasteiger partial charge in [-0.15, -0.1) is 0 Å². The fourth-order valence-corrected chi connectivity index (χ4v) is 4.52. The maximum Gasteiger partial charge on any atom is 0.244 e. The fraction of sp³-hybridized carbons (Fsp3) is 0.455. The molecule has 106 valence electrons. The molecule has 1 atom stereocenters. The number of hydrogen-bond donors (Lipinski definition) is 1. The lowest BCUT2D eigenvalue weighted by molar-refractivity contribution is 0.178. The largest absolute Gasteiger partial charge is 0.379 e. The Labute approximate surface area is 120 Å². The highest BCUT2D eigenvalue weighted by Crippen LogP contribution is 2.32. The highest BCUT2D eigenvalue weighted by molar-refractivity contribution is 7.89. The van der Waals surface area contributed by atoms with Crippen LogP contribution in [-0.2, 0) is 14.8 Å². The van der Waals surface area contributed by atoms with E-state index in [0.717, 1.165) is 12.1 Å². The molecular weight excluding hydrogens is 316 g/mol. The monoisotopic (exact) mass is 327 g/mol. The summed E-state index contributed by atoms with van der Waals surface area (Å²) in [4.78, 5) is -0.314. The van der Waals surface area contributed by atoms with Crippen LogP contribution in [0, 0.1) is 5.82 Å². The van der Waals surface area contributed by atoms with Crippen LogP contribution in [0.5, 0.6) is 0 Å². The predicted octanol–water partition coefficient (Wildman–Crippen LogP) is 2.59. The van der Waals surface area contributed by atoms with E-state index in [1.165, 1.54) is 0 Å². The van der Waals surface area contributed by atoms with E-state index >= 15 is 0 Å². The Morgan fingerprint density at radius 2 is 1.95 bits per heavy atom. The third-order valence-electron chi connectivity index (χ3n) is 2.83. The van der Waals surface area contributed by atoms with E-state index in [-0.39, 0.29) is 21.5 Å². The van der Waals surface area contributed by atoms with E-state index in [4.69, 9.17) is 27.9 Å². The van der Waals surface area contributed by atoms with Gasteiger partial charge < -0.3 is 4.74 Å². The summed E-state index contributed by atoms with van der Waals surface area (Å²) in [5, 5.41) is -0.500. The summed E-state index contributed by atoms with van der Waals surface area (Å²) >= 11 is 11.6. The van der Waals surface area contributed by atoms with Crippen LogP contribution in [0.4, 0.5) is 4.39 Å². The van der Waals surface area contributed by atoms with Crippen molar-refractivity contribution < 1.29 is 17.5 Å². The van der Waals surface area contributed by atoms with Gasteiger partial charge in [-0.1, -0.05) is 23.2 Å². The van der Waals surface area contributed by atoms with Gasteiger partial charge in [0.25, 0.3) is 0 Å². The van der Waals surface area contributed by atoms with Crippen molar-refractivity contribution in [1.29, 1.82) is 0 Å². The Morgan fingerprint density at radius 1 is 1.37 bits per heavy atom. The second kappa shape index (κ2) is 5.18. The van der Waals surface area contributed by atoms with Crippen molar-refractivity contribution in [3.8, 4) is 0 Å². The molecule has 1 N–H and O–H groups in total. The van der Waals surface area contributed by atoms with Gasteiger partial charge in [0.2, 0.25) is 10.0 Å². The van der Waals surface area contributed by atoms with Gasteiger partial charge in [0.15, 0.2) is 0 Å². The zero-order valence-electron chi connectivity index (χ0n) is 10.0. The molecule has 4 nitrogen and oxygen atoms in total. The van der Waals surface area contributed by atoms with Gasteiger partial charge in [-0.3, -0.25) is 0 Å². The third-order valence-corrected chi connectivity index (χ3v) is 5.39. The number of hydrogen-bond acceptors (Lipinski definition) is 3. The molecule has 1 saturated heterocycles. The smallest absolute Gasteiger partial charge is 0.244 e. The summed E-state index contributed by atoms with van der Waals surface area (Å²) in [6, 6.07) is 1.82. The van der Waals surface area contributed by atoms with Gasteiger partial charge in [-0.2, -0.15) is 0 Å². The second-order valence-corrected chi connectivity index (χ2v) is 7.10. The van der Waals surface area contributed by atoms with Gasteiger partial charge in [-0.25, -0.2) is 17.5 Å². The summed E-state index contributed by atoms with van der Waals surface area (Å²) in [6.07, 6.45) is 0.544. The Morgan fingerprint density at radius 3 is 2.42 bits per heavy atom. The summed E-state index contributed by atoms with van der Waals surface area (Å²) in [5.41, 5.74) is -0.708. The van der Waals surface area contributed by atoms with E-state index in [9.17, 15) is 12.8 Å². The lowest BCUT2D eigenvalue weighted by Crippen LogP contribution is -2.46. The molecule has 0 amide bonds. The van der Waals surface area contributed by atoms with Gasteiger partial charge in [0, 0.05) is 6.61 Å². The molecule has 0 aliphatic carbocycles. The van der Waals surface area contributed by atoms with Crippen LogP contribution in [-0.4, -0.2) is 27.2 Å². The molecule has 0 spiro atoms.